The van der Waals surface area contributed by atoms with Crippen molar-refractivity contribution in [3.8, 4) is 0 Å². The Bertz CT molecular complexity index is 778. The van der Waals surface area contributed by atoms with Crippen LogP contribution in [0.2, 0.25) is 0 Å². The van der Waals surface area contributed by atoms with E-state index in [0.717, 1.165) is 5.52 Å². The lowest BCUT2D eigenvalue weighted by atomic mass is 10.3. The average Bonchev–Trinajstić information content (AvgIpc) is 2.98. The molecule has 0 atom stereocenters. The molecule has 22 heavy (non-hydrogen) atoms. The molecule has 3 aromatic rings. The summed E-state index contributed by atoms with van der Waals surface area (Å²) >= 11 is 0. The molecule has 0 aliphatic rings. The van der Waals surface area contributed by atoms with Gasteiger partial charge in [0.05, 0.1) is 12.1 Å². The molecule has 6 nitrogen and oxygen atoms in total. The van der Waals surface area contributed by atoms with E-state index in [1.54, 1.807) is 28.9 Å². The van der Waals surface area contributed by atoms with E-state index in [1.165, 1.54) is 0 Å². The van der Waals surface area contributed by atoms with Gasteiger partial charge in [0, 0.05) is 11.9 Å². The van der Waals surface area contributed by atoms with Gasteiger partial charge in [0.2, 0.25) is 5.91 Å². The zero-order valence-corrected chi connectivity index (χ0v) is 11.7. The Labute approximate surface area is 126 Å². The SMILES string of the molecule is O=C(CNC(=O)c1cc2ccccn2n1)Nc1ccccc1. The van der Waals surface area contributed by atoms with Crippen molar-refractivity contribution in [1.29, 1.82) is 0 Å². The average molecular weight is 294 g/mol. The van der Waals surface area contributed by atoms with Gasteiger partial charge in [-0.1, -0.05) is 24.3 Å². The number of carbonyl (C=O) groups is 2. The van der Waals surface area contributed by atoms with Gasteiger partial charge >= 0.3 is 0 Å². The molecule has 2 aromatic heterocycles. The van der Waals surface area contributed by atoms with Crippen LogP contribution < -0.4 is 10.6 Å². The largest absolute Gasteiger partial charge is 0.342 e. The lowest BCUT2D eigenvalue weighted by Gasteiger charge is -2.05. The highest BCUT2D eigenvalue weighted by Gasteiger charge is 2.12. The number of benzene rings is 1. The Hall–Kier alpha value is -3.15. The summed E-state index contributed by atoms with van der Waals surface area (Å²) in [5.74, 6) is -0.671. The summed E-state index contributed by atoms with van der Waals surface area (Å²) in [5, 5.41) is 9.40. The normalized spacial score (nSPS) is 10.4. The van der Waals surface area contributed by atoms with Gasteiger partial charge in [0.1, 0.15) is 0 Å². The topological polar surface area (TPSA) is 75.5 Å². The van der Waals surface area contributed by atoms with Crippen LogP contribution in [0.1, 0.15) is 10.5 Å². The van der Waals surface area contributed by atoms with Crippen LogP contribution in [0.5, 0.6) is 0 Å². The molecule has 6 heteroatoms. The highest BCUT2D eigenvalue weighted by molar-refractivity contribution is 5.98. The minimum Gasteiger partial charge on any atom is -0.342 e. The molecule has 3 rings (SSSR count). The monoisotopic (exact) mass is 294 g/mol. The fourth-order valence-electron chi connectivity index (χ4n) is 2.03. The van der Waals surface area contributed by atoms with Crippen LogP contribution >= 0.6 is 0 Å². The Morgan fingerprint density at radius 2 is 1.82 bits per heavy atom. The molecular formula is C16H14N4O2. The molecule has 2 heterocycles. The van der Waals surface area contributed by atoms with Crippen LogP contribution in [0.3, 0.4) is 0 Å². The van der Waals surface area contributed by atoms with Gasteiger partial charge < -0.3 is 10.6 Å². The van der Waals surface area contributed by atoms with Gasteiger partial charge in [-0.25, -0.2) is 4.52 Å². The first-order valence-corrected chi connectivity index (χ1v) is 6.80. The van der Waals surface area contributed by atoms with E-state index in [2.05, 4.69) is 15.7 Å². The van der Waals surface area contributed by atoms with Crippen molar-refractivity contribution in [1.82, 2.24) is 14.9 Å². The zero-order chi connectivity index (χ0) is 15.4. The number of carbonyl (C=O) groups excluding carboxylic acids is 2. The third-order valence-electron chi connectivity index (χ3n) is 3.07. The summed E-state index contributed by atoms with van der Waals surface area (Å²) in [6, 6.07) is 16.3. The predicted octanol–water partition coefficient (Wildman–Crippen LogP) is 1.70. The van der Waals surface area contributed by atoms with Crippen molar-refractivity contribution in [2.45, 2.75) is 0 Å². The fraction of sp³-hybridized carbons (Fsp3) is 0.0625. The van der Waals surface area contributed by atoms with Crippen molar-refractivity contribution < 1.29 is 9.59 Å². The van der Waals surface area contributed by atoms with E-state index < -0.39 is 0 Å². The molecule has 0 bridgehead atoms. The van der Waals surface area contributed by atoms with Gasteiger partial charge in [-0.2, -0.15) is 5.10 Å². The zero-order valence-electron chi connectivity index (χ0n) is 11.7. The molecule has 0 saturated carbocycles. The predicted molar refractivity (Wildman–Crippen MR) is 82.6 cm³/mol. The van der Waals surface area contributed by atoms with Crippen molar-refractivity contribution in [3.63, 3.8) is 0 Å². The molecule has 110 valence electrons. The molecular weight excluding hydrogens is 280 g/mol. The van der Waals surface area contributed by atoms with Gasteiger partial charge in [-0.15, -0.1) is 0 Å². The van der Waals surface area contributed by atoms with E-state index in [-0.39, 0.29) is 24.1 Å². The third kappa shape index (κ3) is 3.12. The number of fused-ring (bicyclic) bond motifs is 1. The molecule has 0 aliphatic carbocycles. The van der Waals surface area contributed by atoms with Crippen molar-refractivity contribution >= 4 is 23.0 Å². The lowest BCUT2D eigenvalue weighted by Crippen LogP contribution is -2.33. The summed E-state index contributed by atoms with van der Waals surface area (Å²) in [6.07, 6.45) is 1.76. The van der Waals surface area contributed by atoms with E-state index in [0.29, 0.717) is 5.69 Å². The third-order valence-corrected chi connectivity index (χ3v) is 3.07. The van der Waals surface area contributed by atoms with E-state index >= 15 is 0 Å². The minimum absolute atomic E-state index is 0.110. The molecule has 2 N–H and O–H groups in total. The Morgan fingerprint density at radius 3 is 2.59 bits per heavy atom. The van der Waals surface area contributed by atoms with Gasteiger partial charge in [0.25, 0.3) is 5.91 Å². The van der Waals surface area contributed by atoms with E-state index in [9.17, 15) is 9.59 Å². The summed E-state index contributed by atoms with van der Waals surface area (Å²) in [7, 11) is 0. The molecule has 0 spiro atoms. The minimum atomic E-state index is -0.382. The van der Waals surface area contributed by atoms with Crippen LogP contribution in [0.4, 0.5) is 5.69 Å². The van der Waals surface area contributed by atoms with Gasteiger partial charge in [0.15, 0.2) is 5.69 Å². The number of amides is 2. The number of nitrogens with zero attached hydrogens (tertiary/aromatic N) is 2. The maximum absolute atomic E-state index is 12.0. The number of pyridine rings is 1. The fourth-order valence-corrected chi connectivity index (χ4v) is 2.03. The quantitative estimate of drug-likeness (QED) is 0.769. The van der Waals surface area contributed by atoms with E-state index in [4.69, 9.17) is 0 Å². The van der Waals surface area contributed by atoms with Crippen LogP contribution in [0, 0.1) is 0 Å². The highest BCUT2D eigenvalue weighted by Crippen LogP contribution is 2.06. The maximum atomic E-state index is 12.0. The van der Waals surface area contributed by atoms with Crippen molar-refractivity contribution in [2.75, 3.05) is 11.9 Å². The summed E-state index contributed by atoms with van der Waals surface area (Å²) in [4.78, 5) is 23.8. The molecule has 0 saturated heterocycles. The number of rotatable bonds is 4. The first kappa shape index (κ1) is 13.8. The van der Waals surface area contributed by atoms with Crippen LogP contribution in [-0.4, -0.2) is 28.0 Å². The number of hydrogen-bond acceptors (Lipinski definition) is 3. The number of hydrogen-bond donors (Lipinski definition) is 2. The molecule has 0 unspecified atom stereocenters. The second kappa shape index (κ2) is 6.09. The number of aromatic nitrogens is 2. The number of anilines is 1. The maximum Gasteiger partial charge on any atom is 0.272 e. The van der Waals surface area contributed by atoms with Gasteiger partial charge in [-0.3, -0.25) is 9.59 Å². The second-order valence-electron chi connectivity index (χ2n) is 4.70. The molecule has 0 fully saturated rings. The highest BCUT2D eigenvalue weighted by atomic mass is 16.2. The number of para-hydroxylation sites is 1. The Balaban J connectivity index is 1.59. The summed E-state index contributed by atoms with van der Waals surface area (Å²) in [6.45, 7) is -0.110. The molecule has 0 aliphatic heterocycles. The first-order chi connectivity index (χ1) is 10.7. The van der Waals surface area contributed by atoms with Crippen molar-refractivity contribution in [3.05, 3.63) is 66.5 Å². The molecule has 1 aromatic carbocycles. The Kier molecular flexibility index (Phi) is 3.82. The summed E-state index contributed by atoms with van der Waals surface area (Å²) < 4.78 is 1.61. The summed E-state index contributed by atoms with van der Waals surface area (Å²) in [5.41, 5.74) is 1.79. The van der Waals surface area contributed by atoms with Gasteiger partial charge in [-0.05, 0) is 30.3 Å². The molecule has 0 radical (unpaired) electrons. The van der Waals surface area contributed by atoms with E-state index in [1.807, 2.05) is 36.4 Å². The van der Waals surface area contributed by atoms with Crippen LogP contribution in [0.15, 0.2) is 60.8 Å². The first-order valence-electron chi connectivity index (χ1n) is 6.80. The Morgan fingerprint density at radius 1 is 1.05 bits per heavy atom. The lowest BCUT2D eigenvalue weighted by molar-refractivity contribution is -0.115. The number of nitrogens with one attached hydrogen (secondary N) is 2. The van der Waals surface area contributed by atoms with Crippen LogP contribution in [0.25, 0.3) is 5.52 Å². The smallest absolute Gasteiger partial charge is 0.272 e. The molecule has 2 amide bonds. The standard InChI is InChI=1S/C16H14N4O2/c21-15(18-12-6-2-1-3-7-12)11-17-16(22)14-10-13-8-4-5-9-20(13)19-14/h1-10H,11H2,(H,17,22)(H,18,21). The van der Waals surface area contributed by atoms with Crippen molar-refractivity contribution in [2.24, 2.45) is 0 Å². The van der Waals surface area contributed by atoms with Crippen LogP contribution in [-0.2, 0) is 4.79 Å². The second-order valence-corrected chi connectivity index (χ2v) is 4.70.